The molecule has 0 radical (unpaired) electrons. The number of hydrogen-bond acceptors (Lipinski definition) is 2. The minimum Gasteiger partial charge on any atom is -0.481 e. The Kier molecular flexibility index (Phi) is 4.24. The molecule has 0 saturated heterocycles. The topological polar surface area (TPSA) is 55.1 Å². The molecule has 7 heteroatoms. The van der Waals surface area contributed by atoms with Crippen molar-refractivity contribution in [1.29, 1.82) is 0 Å². The lowest BCUT2D eigenvalue weighted by Crippen LogP contribution is -2.06. The number of alkyl halides is 1. The maximum Gasteiger partial charge on any atom is 0.309 e. The fraction of sp³-hybridized carbons (Fsp3) is 0.176. The van der Waals surface area contributed by atoms with Gasteiger partial charge < -0.3 is 5.11 Å². The predicted octanol–water partition coefficient (Wildman–Crippen LogP) is 3.46. The lowest BCUT2D eigenvalue weighted by molar-refractivity contribution is -0.136. The molecular weight excluding hydrogens is 321 g/mol. The lowest BCUT2D eigenvalue weighted by Gasteiger charge is -2.06. The Balaban J connectivity index is 2.09. The molecular formula is C17H13F3N2O2. The Labute approximate surface area is 135 Å². The standard InChI is InChI=1S/C17H13F3N2O2/c18-8-10-1-4-13-15(7-17(23)24)21-22(16(13)5-10)9-11-2-3-12(19)6-14(11)20/h1-6H,7-9H2,(H,23,24). The zero-order valence-corrected chi connectivity index (χ0v) is 12.5. The highest BCUT2D eigenvalue weighted by Crippen LogP contribution is 2.23. The van der Waals surface area contributed by atoms with Crippen LogP contribution in [-0.2, 0) is 24.4 Å². The molecule has 1 heterocycles. The summed E-state index contributed by atoms with van der Waals surface area (Å²) >= 11 is 0. The van der Waals surface area contributed by atoms with Gasteiger partial charge in [0.15, 0.2) is 0 Å². The van der Waals surface area contributed by atoms with Crippen molar-refractivity contribution >= 4 is 16.9 Å². The number of hydrogen-bond donors (Lipinski definition) is 1. The first-order chi connectivity index (χ1) is 11.5. The Morgan fingerprint density at radius 2 is 1.96 bits per heavy atom. The van der Waals surface area contributed by atoms with Gasteiger partial charge in [-0.2, -0.15) is 5.10 Å². The van der Waals surface area contributed by atoms with E-state index in [9.17, 15) is 18.0 Å². The first-order valence-electron chi connectivity index (χ1n) is 7.18. The van der Waals surface area contributed by atoms with E-state index in [4.69, 9.17) is 5.11 Å². The number of carboxylic acid groups (broad SMARTS) is 1. The van der Waals surface area contributed by atoms with Crippen LogP contribution >= 0.6 is 0 Å². The largest absolute Gasteiger partial charge is 0.481 e. The molecule has 0 aliphatic carbocycles. The number of nitrogens with zero attached hydrogens (tertiary/aromatic N) is 2. The fourth-order valence-corrected chi connectivity index (χ4v) is 2.58. The van der Waals surface area contributed by atoms with Crippen molar-refractivity contribution < 1.29 is 23.1 Å². The van der Waals surface area contributed by atoms with Crippen LogP contribution in [0.15, 0.2) is 36.4 Å². The highest BCUT2D eigenvalue weighted by Gasteiger charge is 2.15. The van der Waals surface area contributed by atoms with Crippen LogP contribution in [0.25, 0.3) is 10.9 Å². The van der Waals surface area contributed by atoms with E-state index >= 15 is 0 Å². The van der Waals surface area contributed by atoms with Crippen LogP contribution < -0.4 is 0 Å². The zero-order chi connectivity index (χ0) is 17.3. The molecule has 0 unspecified atom stereocenters. The van der Waals surface area contributed by atoms with E-state index in [1.54, 1.807) is 18.2 Å². The van der Waals surface area contributed by atoms with Crippen molar-refractivity contribution in [3.63, 3.8) is 0 Å². The second kappa shape index (κ2) is 6.35. The van der Waals surface area contributed by atoms with Crippen LogP contribution in [0.5, 0.6) is 0 Å². The van der Waals surface area contributed by atoms with Crippen LogP contribution in [0.3, 0.4) is 0 Å². The highest BCUT2D eigenvalue weighted by atomic mass is 19.1. The van der Waals surface area contributed by atoms with Crippen molar-refractivity contribution in [2.45, 2.75) is 19.6 Å². The van der Waals surface area contributed by atoms with Crippen LogP contribution in [0, 0.1) is 11.6 Å². The summed E-state index contributed by atoms with van der Waals surface area (Å²) in [6.45, 7) is -0.696. The quantitative estimate of drug-likeness (QED) is 0.777. The highest BCUT2D eigenvalue weighted by molar-refractivity contribution is 5.86. The fourth-order valence-electron chi connectivity index (χ4n) is 2.58. The first kappa shape index (κ1) is 16.0. The van der Waals surface area contributed by atoms with E-state index in [1.165, 1.54) is 10.7 Å². The van der Waals surface area contributed by atoms with E-state index in [0.717, 1.165) is 12.1 Å². The molecule has 0 atom stereocenters. The molecule has 0 fully saturated rings. The lowest BCUT2D eigenvalue weighted by atomic mass is 10.1. The van der Waals surface area contributed by atoms with E-state index in [1.807, 2.05) is 0 Å². The second-order valence-corrected chi connectivity index (χ2v) is 5.40. The van der Waals surface area contributed by atoms with Gasteiger partial charge in [-0.15, -0.1) is 0 Å². The number of fused-ring (bicyclic) bond motifs is 1. The van der Waals surface area contributed by atoms with Gasteiger partial charge in [-0.25, -0.2) is 13.2 Å². The van der Waals surface area contributed by atoms with Gasteiger partial charge in [0.1, 0.15) is 18.3 Å². The number of rotatable bonds is 5. The van der Waals surface area contributed by atoms with Gasteiger partial charge in [-0.1, -0.05) is 18.2 Å². The summed E-state index contributed by atoms with van der Waals surface area (Å²) in [4.78, 5) is 11.0. The van der Waals surface area contributed by atoms with Gasteiger partial charge in [0, 0.05) is 17.0 Å². The smallest absolute Gasteiger partial charge is 0.309 e. The van der Waals surface area contributed by atoms with E-state index in [0.29, 0.717) is 22.2 Å². The summed E-state index contributed by atoms with van der Waals surface area (Å²) in [6, 6.07) is 7.91. The van der Waals surface area contributed by atoms with Crippen molar-refractivity contribution in [1.82, 2.24) is 9.78 Å². The molecule has 0 saturated carbocycles. The van der Waals surface area contributed by atoms with Gasteiger partial charge >= 0.3 is 5.97 Å². The van der Waals surface area contributed by atoms with Gasteiger partial charge in [-0.05, 0) is 17.7 Å². The van der Waals surface area contributed by atoms with Crippen LogP contribution in [0.2, 0.25) is 0 Å². The van der Waals surface area contributed by atoms with Crippen LogP contribution in [0.4, 0.5) is 13.2 Å². The Morgan fingerprint density at radius 3 is 2.62 bits per heavy atom. The number of aromatic nitrogens is 2. The van der Waals surface area contributed by atoms with Crippen molar-refractivity contribution in [3.8, 4) is 0 Å². The third-order valence-corrected chi connectivity index (χ3v) is 3.70. The van der Waals surface area contributed by atoms with Gasteiger partial charge in [0.25, 0.3) is 0 Å². The second-order valence-electron chi connectivity index (χ2n) is 5.40. The summed E-state index contributed by atoms with van der Waals surface area (Å²) in [5.74, 6) is -2.46. The number of carboxylic acids is 1. The van der Waals surface area contributed by atoms with Crippen LogP contribution in [-0.4, -0.2) is 20.9 Å². The molecule has 1 aromatic heterocycles. The summed E-state index contributed by atoms with van der Waals surface area (Å²) in [6.07, 6.45) is -0.301. The van der Waals surface area contributed by atoms with Crippen LogP contribution in [0.1, 0.15) is 16.8 Å². The summed E-state index contributed by atoms with van der Waals surface area (Å²) < 4.78 is 41.2. The SMILES string of the molecule is O=C(O)Cc1nn(Cc2ccc(F)cc2F)c2cc(CF)ccc12. The van der Waals surface area contributed by atoms with E-state index in [2.05, 4.69) is 5.10 Å². The summed E-state index contributed by atoms with van der Waals surface area (Å²) in [5.41, 5.74) is 1.42. The number of aliphatic carboxylic acids is 1. The maximum atomic E-state index is 13.9. The number of benzene rings is 2. The molecule has 2 aromatic carbocycles. The van der Waals surface area contributed by atoms with Crippen molar-refractivity contribution in [2.75, 3.05) is 0 Å². The molecule has 0 spiro atoms. The minimum absolute atomic E-state index is 0.0159. The van der Waals surface area contributed by atoms with Gasteiger partial charge in [0.2, 0.25) is 0 Å². The predicted molar refractivity (Wildman–Crippen MR) is 81.3 cm³/mol. The van der Waals surface area contributed by atoms with Gasteiger partial charge in [0.05, 0.1) is 24.2 Å². The average molecular weight is 334 g/mol. The van der Waals surface area contributed by atoms with Crippen molar-refractivity contribution in [3.05, 3.63) is 64.9 Å². The van der Waals surface area contributed by atoms with Gasteiger partial charge in [-0.3, -0.25) is 9.48 Å². The number of halogens is 3. The molecule has 0 aliphatic heterocycles. The molecule has 0 bridgehead atoms. The minimum atomic E-state index is -1.05. The summed E-state index contributed by atoms with van der Waals surface area (Å²) in [5, 5.41) is 13.8. The first-order valence-corrected chi connectivity index (χ1v) is 7.18. The third-order valence-electron chi connectivity index (χ3n) is 3.70. The summed E-state index contributed by atoms with van der Waals surface area (Å²) in [7, 11) is 0. The molecule has 124 valence electrons. The average Bonchev–Trinajstić information content (AvgIpc) is 2.86. The molecule has 3 aromatic rings. The number of carbonyl (C=O) groups is 1. The normalized spacial score (nSPS) is 11.1. The Hall–Kier alpha value is -2.83. The Morgan fingerprint density at radius 1 is 1.17 bits per heavy atom. The Bertz CT molecular complexity index is 922. The molecule has 1 N–H and O–H groups in total. The molecule has 3 rings (SSSR count). The van der Waals surface area contributed by atoms with E-state index < -0.39 is 24.3 Å². The van der Waals surface area contributed by atoms with E-state index in [-0.39, 0.29) is 18.5 Å². The molecule has 0 aliphatic rings. The molecule has 24 heavy (non-hydrogen) atoms. The zero-order valence-electron chi connectivity index (χ0n) is 12.5. The van der Waals surface area contributed by atoms with Crippen molar-refractivity contribution in [2.24, 2.45) is 0 Å². The monoisotopic (exact) mass is 334 g/mol. The maximum absolute atomic E-state index is 13.9. The third kappa shape index (κ3) is 3.10. The molecule has 4 nitrogen and oxygen atoms in total. The molecule has 0 amide bonds.